The first-order valence-corrected chi connectivity index (χ1v) is 11.6. The van der Waals surface area contributed by atoms with E-state index in [4.69, 9.17) is 23.2 Å². The van der Waals surface area contributed by atoms with Gasteiger partial charge in [0.25, 0.3) is 0 Å². The Morgan fingerprint density at radius 3 is 2.33 bits per heavy atom. The highest BCUT2D eigenvalue weighted by Crippen LogP contribution is 2.34. The van der Waals surface area contributed by atoms with Crippen molar-refractivity contribution in [3.05, 3.63) is 81.8 Å². The summed E-state index contributed by atoms with van der Waals surface area (Å²) in [6.45, 7) is 3.01. The molecule has 2 aliphatic heterocycles. The number of likely N-dealkylation sites (tertiary alicyclic amines) is 1. The van der Waals surface area contributed by atoms with Gasteiger partial charge in [-0.2, -0.15) is 0 Å². The summed E-state index contributed by atoms with van der Waals surface area (Å²) in [6, 6.07) is 21.9. The number of hydrogen-bond acceptors (Lipinski definition) is 3. The Morgan fingerprint density at radius 2 is 1.53 bits per heavy atom. The lowest BCUT2D eigenvalue weighted by molar-refractivity contribution is 0.156. The number of fused-ring (bicyclic) bond motifs is 1. The van der Waals surface area contributed by atoms with Gasteiger partial charge in [0.15, 0.2) is 0 Å². The highest BCUT2D eigenvalue weighted by atomic mass is 35.5. The van der Waals surface area contributed by atoms with Crippen LogP contribution in [-0.4, -0.2) is 24.0 Å². The van der Waals surface area contributed by atoms with E-state index in [9.17, 15) is 0 Å². The summed E-state index contributed by atoms with van der Waals surface area (Å²) in [6.07, 6.45) is 3.53. The van der Waals surface area contributed by atoms with Gasteiger partial charge in [0, 0.05) is 34.2 Å². The van der Waals surface area contributed by atoms with Crippen LogP contribution in [0.3, 0.4) is 0 Å². The summed E-state index contributed by atoms with van der Waals surface area (Å²) in [7, 11) is 0. The van der Waals surface area contributed by atoms with Crippen LogP contribution in [0.4, 0.5) is 0 Å². The summed E-state index contributed by atoms with van der Waals surface area (Å²) in [4.78, 5) is 2.48. The Balaban J connectivity index is 1.20. The average Bonchev–Trinajstić information content (AvgIpc) is 3.26. The van der Waals surface area contributed by atoms with Crippen LogP contribution in [0.25, 0.3) is 10.8 Å². The van der Waals surface area contributed by atoms with Crippen LogP contribution in [0, 0.1) is 5.92 Å². The predicted octanol–water partition coefficient (Wildman–Crippen LogP) is 5.97. The second kappa shape index (κ2) is 8.86. The molecule has 2 unspecified atom stereocenters. The number of nitrogens with one attached hydrogen (secondary N) is 2. The highest BCUT2D eigenvalue weighted by Gasteiger charge is 2.33. The molecule has 0 aromatic heterocycles. The number of piperidine rings is 1. The minimum atomic E-state index is 0.362. The van der Waals surface area contributed by atoms with E-state index in [0.717, 1.165) is 41.7 Å². The quantitative estimate of drug-likeness (QED) is 0.524. The molecule has 0 saturated carbocycles. The van der Waals surface area contributed by atoms with Crippen molar-refractivity contribution in [1.29, 1.82) is 0 Å². The first kappa shape index (κ1) is 20.3. The molecule has 2 heterocycles. The molecule has 0 amide bonds. The van der Waals surface area contributed by atoms with Crippen molar-refractivity contribution >= 4 is 34.0 Å². The molecule has 2 fully saturated rings. The maximum Gasteiger partial charge on any atom is 0.0484 e. The van der Waals surface area contributed by atoms with Crippen LogP contribution < -0.4 is 10.9 Å². The molecule has 5 rings (SSSR count). The van der Waals surface area contributed by atoms with Crippen LogP contribution in [0.2, 0.25) is 10.0 Å². The summed E-state index contributed by atoms with van der Waals surface area (Å²) in [5.41, 5.74) is 9.64. The maximum absolute atomic E-state index is 6.37. The molecule has 0 spiro atoms. The maximum atomic E-state index is 6.37. The third-order valence-corrected chi connectivity index (χ3v) is 7.48. The molecule has 30 heavy (non-hydrogen) atoms. The van der Waals surface area contributed by atoms with Crippen molar-refractivity contribution in [3.63, 3.8) is 0 Å². The summed E-state index contributed by atoms with van der Waals surface area (Å²) < 4.78 is 0. The fourth-order valence-electron chi connectivity index (χ4n) is 5.07. The first-order chi connectivity index (χ1) is 14.7. The zero-order valence-electron chi connectivity index (χ0n) is 17.0. The second-order valence-corrected chi connectivity index (χ2v) is 9.38. The third-order valence-electron chi connectivity index (χ3n) is 6.78. The Labute approximate surface area is 188 Å². The van der Waals surface area contributed by atoms with Crippen molar-refractivity contribution in [2.45, 2.75) is 37.9 Å². The minimum Gasteiger partial charge on any atom is -0.299 e. The van der Waals surface area contributed by atoms with E-state index in [1.165, 1.54) is 29.2 Å². The molecular weight excluding hydrogens is 413 g/mol. The smallest absolute Gasteiger partial charge is 0.0484 e. The Hall–Kier alpha value is -1.62. The normalized spacial score (nSPS) is 23.3. The fourth-order valence-corrected chi connectivity index (χ4v) is 5.59. The fraction of sp³-hybridized carbons (Fsp3) is 0.360. The van der Waals surface area contributed by atoms with Gasteiger partial charge in [-0.05, 0) is 66.7 Å². The number of rotatable bonds is 4. The SMILES string of the molecule is Clc1cccc(Cl)c1CN1CCC(C2CC(c3cccc4ccccc34)NN2)CC1. The second-order valence-electron chi connectivity index (χ2n) is 8.57. The monoisotopic (exact) mass is 439 g/mol. The molecule has 2 aliphatic rings. The molecule has 5 heteroatoms. The van der Waals surface area contributed by atoms with Gasteiger partial charge in [-0.25, -0.2) is 5.43 Å². The Morgan fingerprint density at radius 1 is 0.833 bits per heavy atom. The summed E-state index contributed by atoms with van der Waals surface area (Å²) in [5, 5.41) is 4.20. The van der Waals surface area contributed by atoms with Crippen molar-refractivity contribution in [3.8, 4) is 0 Å². The van der Waals surface area contributed by atoms with Gasteiger partial charge in [-0.3, -0.25) is 10.3 Å². The van der Waals surface area contributed by atoms with Gasteiger partial charge in [-0.15, -0.1) is 0 Å². The topological polar surface area (TPSA) is 27.3 Å². The summed E-state index contributed by atoms with van der Waals surface area (Å²) in [5.74, 6) is 0.690. The lowest BCUT2D eigenvalue weighted by Gasteiger charge is -2.35. The standard InChI is InChI=1S/C25H27Cl2N3/c26-22-9-4-10-23(27)21(22)16-30-13-11-18(12-14-30)24-15-25(29-28-24)20-8-3-6-17-5-1-2-7-19(17)20/h1-10,18,24-25,28-29H,11-16H2. The predicted molar refractivity (Wildman–Crippen MR) is 126 cm³/mol. The number of nitrogens with zero attached hydrogens (tertiary/aromatic N) is 1. The molecule has 0 aliphatic carbocycles. The molecule has 0 bridgehead atoms. The molecule has 3 nitrogen and oxygen atoms in total. The van der Waals surface area contributed by atoms with Gasteiger partial charge < -0.3 is 0 Å². The van der Waals surface area contributed by atoms with Gasteiger partial charge in [-0.1, -0.05) is 71.7 Å². The molecule has 156 valence electrons. The van der Waals surface area contributed by atoms with Gasteiger partial charge >= 0.3 is 0 Å². The van der Waals surface area contributed by atoms with Crippen LogP contribution >= 0.6 is 23.2 Å². The van der Waals surface area contributed by atoms with E-state index in [-0.39, 0.29) is 0 Å². The van der Waals surface area contributed by atoms with Gasteiger partial charge in [0.05, 0.1) is 0 Å². The number of hydrazine groups is 1. The van der Waals surface area contributed by atoms with Crippen LogP contribution in [0.1, 0.15) is 36.4 Å². The Bertz CT molecular complexity index is 1000. The van der Waals surface area contributed by atoms with Crippen LogP contribution in [0.15, 0.2) is 60.7 Å². The van der Waals surface area contributed by atoms with Gasteiger partial charge in [0.2, 0.25) is 0 Å². The zero-order chi connectivity index (χ0) is 20.5. The zero-order valence-corrected chi connectivity index (χ0v) is 18.5. The third kappa shape index (κ3) is 4.10. The van der Waals surface area contributed by atoms with Crippen LogP contribution in [0.5, 0.6) is 0 Å². The lowest BCUT2D eigenvalue weighted by atomic mass is 9.85. The summed E-state index contributed by atoms with van der Waals surface area (Å²) >= 11 is 12.7. The number of hydrogen-bond donors (Lipinski definition) is 2. The van der Waals surface area contributed by atoms with Crippen molar-refractivity contribution < 1.29 is 0 Å². The minimum absolute atomic E-state index is 0.362. The van der Waals surface area contributed by atoms with Gasteiger partial charge in [0.1, 0.15) is 0 Å². The van der Waals surface area contributed by atoms with E-state index < -0.39 is 0 Å². The lowest BCUT2D eigenvalue weighted by Crippen LogP contribution is -2.42. The number of halogens is 2. The molecule has 2 N–H and O–H groups in total. The van der Waals surface area contributed by atoms with E-state index in [1.807, 2.05) is 18.2 Å². The van der Waals surface area contributed by atoms with E-state index in [2.05, 4.69) is 58.2 Å². The van der Waals surface area contributed by atoms with E-state index >= 15 is 0 Å². The Kier molecular flexibility index (Phi) is 5.99. The molecule has 3 aromatic rings. The molecule has 2 saturated heterocycles. The van der Waals surface area contributed by atoms with Crippen LogP contribution in [-0.2, 0) is 6.54 Å². The average molecular weight is 440 g/mol. The van der Waals surface area contributed by atoms with Crippen molar-refractivity contribution in [1.82, 2.24) is 15.8 Å². The van der Waals surface area contributed by atoms with Crippen molar-refractivity contribution in [2.24, 2.45) is 5.92 Å². The molecular formula is C25H27Cl2N3. The first-order valence-electron chi connectivity index (χ1n) is 10.8. The highest BCUT2D eigenvalue weighted by molar-refractivity contribution is 6.35. The molecule has 0 radical (unpaired) electrons. The van der Waals surface area contributed by atoms with Crippen molar-refractivity contribution in [2.75, 3.05) is 13.1 Å². The number of benzene rings is 3. The molecule has 3 aromatic carbocycles. The molecule has 2 atom stereocenters. The van der Waals surface area contributed by atoms with E-state index in [1.54, 1.807) is 0 Å². The van der Waals surface area contributed by atoms with E-state index in [0.29, 0.717) is 18.0 Å². The largest absolute Gasteiger partial charge is 0.299 e.